The largest absolute Gasteiger partial charge is 0.504 e. The van der Waals surface area contributed by atoms with Crippen LogP contribution in [0, 0.1) is 0 Å². The maximum Gasteiger partial charge on any atom is 0.410 e. The molecule has 2 atom stereocenters. The first-order chi connectivity index (χ1) is 31.1. The fraction of sp³-hybridized carbons (Fsp3) is 0.680. The molecule has 2 fully saturated rings. The summed E-state index contributed by atoms with van der Waals surface area (Å²) in [5.74, 6) is 1.18. The fourth-order valence-electron chi connectivity index (χ4n) is 7.85. The highest BCUT2D eigenvalue weighted by molar-refractivity contribution is 5.96. The molecule has 2 aliphatic rings. The minimum atomic E-state index is -0.566. The van der Waals surface area contributed by atoms with Gasteiger partial charge in [-0.15, -0.1) is 0 Å². The second-order valence-electron chi connectivity index (χ2n) is 19.2. The zero-order valence-electron chi connectivity index (χ0n) is 42.1. The van der Waals surface area contributed by atoms with E-state index in [1.807, 2.05) is 86.0 Å². The number of aromatic hydroxyl groups is 1. The summed E-state index contributed by atoms with van der Waals surface area (Å²) in [7, 11) is 3.27. The normalized spacial score (nSPS) is 16.5. The number of carbonyl (C=O) groups is 4. The quantitative estimate of drug-likeness (QED) is 0.142. The van der Waals surface area contributed by atoms with Crippen molar-refractivity contribution in [2.24, 2.45) is 0 Å². The molecule has 0 saturated carbocycles. The van der Waals surface area contributed by atoms with Gasteiger partial charge in [0.25, 0.3) is 11.8 Å². The zero-order chi connectivity index (χ0) is 49.2. The summed E-state index contributed by atoms with van der Waals surface area (Å²) in [6.07, 6.45) is 3.98. The van der Waals surface area contributed by atoms with Crippen LogP contribution in [0.5, 0.6) is 23.0 Å². The molecule has 2 aromatic rings. The van der Waals surface area contributed by atoms with Crippen molar-refractivity contribution in [3.05, 3.63) is 47.5 Å². The number of hydrogen-bond donors (Lipinski definition) is 1. The Kier molecular flexibility index (Phi) is 22.1. The third kappa shape index (κ3) is 17.7. The van der Waals surface area contributed by atoms with Crippen molar-refractivity contribution in [3.8, 4) is 23.0 Å². The van der Waals surface area contributed by atoms with E-state index in [1.54, 1.807) is 54.4 Å². The molecule has 4 amide bonds. The monoisotopic (exact) mass is 929 g/mol. The summed E-state index contributed by atoms with van der Waals surface area (Å²) in [5, 5.41) is 10.1. The topological polar surface area (TPSA) is 166 Å². The number of rotatable bonds is 18. The molecule has 0 aliphatic carbocycles. The van der Waals surface area contributed by atoms with Crippen molar-refractivity contribution in [1.29, 1.82) is 0 Å². The summed E-state index contributed by atoms with van der Waals surface area (Å²) in [5.41, 5.74) is -0.149. The summed E-state index contributed by atoms with van der Waals surface area (Å²) in [6, 6.07) is 9.66. The van der Waals surface area contributed by atoms with Crippen LogP contribution in [0.15, 0.2) is 36.4 Å². The first-order valence-corrected chi connectivity index (χ1v) is 23.5. The standard InChI is InChI=1S/C26H42N2O6.C24H38N2O6/c1-8-32-22-13-12-20(17-23(22)33-16-10-15-31-7)24(29)28(19(2)3)21-11-9-14-27(18-21)25(30)34-26(4,5)6;1-17(2)26(19-9-7-12-25(16-19)23(29)32-24(3,4)5)22(28)18-10-11-20(27)21(15-18)31-14-8-13-30-6/h12-13,17,19,21H,8-11,14-16,18H2,1-7H3;10-11,15,17,19,27H,7-9,12-14,16H2,1-6H3/t21-;19-/m11/s1. The smallest absolute Gasteiger partial charge is 0.410 e. The number of methoxy groups -OCH3 is 2. The van der Waals surface area contributed by atoms with Gasteiger partial charge in [0.15, 0.2) is 23.0 Å². The maximum absolute atomic E-state index is 13.7. The number of ether oxygens (including phenoxy) is 7. The second kappa shape index (κ2) is 26.4. The van der Waals surface area contributed by atoms with Crippen molar-refractivity contribution in [2.45, 2.75) is 150 Å². The van der Waals surface area contributed by atoms with Gasteiger partial charge in [-0.3, -0.25) is 9.59 Å². The Labute approximate surface area is 394 Å². The molecule has 2 heterocycles. The van der Waals surface area contributed by atoms with E-state index in [-0.39, 0.29) is 59.7 Å². The highest BCUT2D eigenvalue weighted by atomic mass is 16.6. The molecule has 1 N–H and O–H groups in total. The molecule has 372 valence electrons. The van der Waals surface area contributed by atoms with Gasteiger partial charge in [0.1, 0.15) is 11.2 Å². The maximum atomic E-state index is 13.7. The number of nitrogens with zero attached hydrogens (tertiary/aromatic N) is 4. The Morgan fingerprint density at radius 1 is 0.636 bits per heavy atom. The van der Waals surface area contributed by atoms with Crippen molar-refractivity contribution < 1.29 is 57.4 Å². The molecule has 0 bridgehead atoms. The number of carbonyl (C=O) groups excluding carboxylic acids is 4. The van der Waals surface area contributed by atoms with Gasteiger partial charge in [0.05, 0.1) is 31.9 Å². The van der Waals surface area contributed by atoms with Crippen molar-refractivity contribution in [1.82, 2.24) is 19.6 Å². The molecular formula is C50H80N4O12. The van der Waals surface area contributed by atoms with E-state index in [2.05, 4.69) is 0 Å². The first-order valence-electron chi connectivity index (χ1n) is 23.5. The van der Waals surface area contributed by atoms with Crippen LogP contribution in [0.3, 0.4) is 0 Å². The van der Waals surface area contributed by atoms with Crippen molar-refractivity contribution in [3.63, 3.8) is 0 Å². The van der Waals surface area contributed by atoms with Gasteiger partial charge in [0, 0.05) is 89.7 Å². The molecule has 2 saturated heterocycles. The Hall–Kier alpha value is -4.96. The molecule has 16 nitrogen and oxygen atoms in total. The van der Waals surface area contributed by atoms with Crippen LogP contribution in [-0.2, 0) is 18.9 Å². The molecule has 0 aromatic heterocycles. The summed E-state index contributed by atoms with van der Waals surface area (Å²) in [4.78, 5) is 59.4. The van der Waals surface area contributed by atoms with Gasteiger partial charge in [-0.05, 0) is 138 Å². The molecule has 0 unspecified atom stereocenters. The molecule has 66 heavy (non-hydrogen) atoms. The van der Waals surface area contributed by atoms with Gasteiger partial charge in [-0.25, -0.2) is 9.59 Å². The average Bonchev–Trinajstić information content (AvgIpc) is 3.24. The van der Waals surface area contributed by atoms with Crippen LogP contribution >= 0.6 is 0 Å². The lowest BCUT2D eigenvalue weighted by Gasteiger charge is -2.41. The summed E-state index contributed by atoms with van der Waals surface area (Å²) < 4.78 is 38.4. The highest BCUT2D eigenvalue weighted by Crippen LogP contribution is 2.32. The van der Waals surface area contributed by atoms with E-state index in [0.717, 1.165) is 32.1 Å². The van der Waals surface area contributed by atoms with Crippen LogP contribution in [0.1, 0.15) is 135 Å². The number of benzene rings is 2. The van der Waals surface area contributed by atoms with Gasteiger partial charge < -0.3 is 57.9 Å². The van der Waals surface area contributed by atoms with Crippen LogP contribution in [-0.4, -0.2) is 158 Å². The number of phenols is 1. The van der Waals surface area contributed by atoms with Gasteiger partial charge in [-0.1, -0.05) is 0 Å². The Morgan fingerprint density at radius 2 is 1.06 bits per heavy atom. The lowest BCUT2D eigenvalue weighted by Crippen LogP contribution is -2.54. The van der Waals surface area contributed by atoms with E-state index < -0.39 is 11.2 Å². The number of likely N-dealkylation sites (tertiary alicyclic amines) is 2. The molecule has 2 aromatic carbocycles. The number of piperidine rings is 2. The minimum Gasteiger partial charge on any atom is -0.504 e. The highest BCUT2D eigenvalue weighted by Gasteiger charge is 2.36. The predicted octanol–water partition coefficient (Wildman–Crippen LogP) is 8.81. The van der Waals surface area contributed by atoms with Crippen LogP contribution in [0.25, 0.3) is 0 Å². The predicted molar refractivity (Wildman–Crippen MR) is 254 cm³/mol. The SMILES string of the molecule is CCOc1ccc(C(=O)N(C(C)C)[C@@H]2CCCN(C(=O)OC(C)(C)C)C2)cc1OCCCOC.COCCCOc1cc(C(=O)N(C(C)C)[C@@H]2CCCN(C(=O)OC(C)(C)C)C2)ccc1O. The van der Waals surface area contributed by atoms with Gasteiger partial charge in [-0.2, -0.15) is 0 Å². The Morgan fingerprint density at radius 3 is 1.47 bits per heavy atom. The first kappa shape index (κ1) is 55.4. The van der Waals surface area contributed by atoms with E-state index in [9.17, 15) is 24.3 Å². The fourth-order valence-corrected chi connectivity index (χ4v) is 7.85. The lowest BCUT2D eigenvalue weighted by atomic mass is 10.0. The van der Waals surface area contributed by atoms with Crippen molar-refractivity contribution >= 4 is 24.0 Å². The van der Waals surface area contributed by atoms with Gasteiger partial charge >= 0.3 is 12.2 Å². The third-order valence-electron chi connectivity index (χ3n) is 10.7. The lowest BCUT2D eigenvalue weighted by molar-refractivity contribution is 0.00724. The number of amides is 4. The average molecular weight is 929 g/mol. The second-order valence-corrected chi connectivity index (χ2v) is 19.2. The molecule has 0 spiro atoms. The van der Waals surface area contributed by atoms with Gasteiger partial charge in [0.2, 0.25) is 0 Å². The summed E-state index contributed by atoms with van der Waals surface area (Å²) in [6.45, 7) is 25.6. The van der Waals surface area contributed by atoms with Crippen LogP contribution in [0.4, 0.5) is 9.59 Å². The number of hydrogen-bond acceptors (Lipinski definition) is 12. The van der Waals surface area contributed by atoms with E-state index in [4.69, 9.17) is 33.2 Å². The van der Waals surface area contributed by atoms with Crippen molar-refractivity contribution in [2.75, 3.05) is 73.4 Å². The molecule has 0 radical (unpaired) electrons. The Balaban J connectivity index is 0.000000351. The van der Waals surface area contributed by atoms with E-state index in [1.165, 1.54) is 6.07 Å². The molecular weight excluding hydrogens is 849 g/mol. The molecule has 16 heteroatoms. The van der Waals surface area contributed by atoms with Crippen LogP contribution in [0.2, 0.25) is 0 Å². The zero-order valence-corrected chi connectivity index (χ0v) is 42.1. The third-order valence-corrected chi connectivity index (χ3v) is 10.7. The molecule has 4 rings (SSSR count). The van der Waals surface area contributed by atoms with Crippen LogP contribution < -0.4 is 14.2 Å². The minimum absolute atomic E-state index is 0.0103. The molecule has 2 aliphatic heterocycles. The van der Waals surface area contributed by atoms with E-state index >= 15 is 0 Å². The Bertz CT molecular complexity index is 1840. The number of phenolic OH excluding ortho intramolecular Hbond substituents is 1. The summed E-state index contributed by atoms with van der Waals surface area (Å²) >= 11 is 0. The van der Waals surface area contributed by atoms with E-state index in [0.29, 0.717) is 88.3 Å².